The molecule has 1 aliphatic heterocycles. The van der Waals surface area contributed by atoms with Crippen LogP contribution in [0.25, 0.3) is 0 Å². The smallest absolute Gasteiger partial charge is 0.143 e. The highest BCUT2D eigenvalue weighted by Crippen LogP contribution is 2.24. The fraction of sp³-hybridized carbons (Fsp3) is 0.412. The molecule has 1 fully saturated rings. The molecule has 6 nitrogen and oxygen atoms in total. The van der Waals surface area contributed by atoms with Crippen molar-refractivity contribution in [1.82, 2.24) is 9.88 Å². The first kappa shape index (κ1) is 15.5. The molecule has 0 saturated carbocycles. The standard InChI is InChI=1S/C17H20N4O2/c1-13-4-5-16(23-13)15(21-7-9-22-10-8-21)12-20-17-14(11-18)3-2-6-19-17/h2-6,15H,7-10,12H2,1H3,(H,19,20)/t15-/m0/s1. The maximum absolute atomic E-state index is 9.18. The number of furan rings is 1. The fourth-order valence-electron chi connectivity index (χ4n) is 2.76. The van der Waals surface area contributed by atoms with Gasteiger partial charge in [0.05, 0.1) is 24.8 Å². The monoisotopic (exact) mass is 312 g/mol. The van der Waals surface area contributed by atoms with Gasteiger partial charge in [-0.15, -0.1) is 0 Å². The van der Waals surface area contributed by atoms with Crippen LogP contribution in [0, 0.1) is 18.3 Å². The van der Waals surface area contributed by atoms with Gasteiger partial charge in [-0.3, -0.25) is 4.90 Å². The van der Waals surface area contributed by atoms with E-state index in [-0.39, 0.29) is 6.04 Å². The highest BCUT2D eigenvalue weighted by molar-refractivity contribution is 5.51. The van der Waals surface area contributed by atoms with E-state index in [1.807, 2.05) is 19.1 Å². The lowest BCUT2D eigenvalue weighted by Crippen LogP contribution is -2.41. The summed E-state index contributed by atoms with van der Waals surface area (Å²) in [4.78, 5) is 6.60. The first-order valence-corrected chi connectivity index (χ1v) is 7.75. The van der Waals surface area contributed by atoms with Gasteiger partial charge in [0.15, 0.2) is 0 Å². The van der Waals surface area contributed by atoms with Crippen molar-refractivity contribution in [2.75, 3.05) is 38.2 Å². The number of anilines is 1. The summed E-state index contributed by atoms with van der Waals surface area (Å²) >= 11 is 0. The summed E-state index contributed by atoms with van der Waals surface area (Å²) in [5.41, 5.74) is 0.545. The maximum atomic E-state index is 9.18. The first-order chi connectivity index (χ1) is 11.3. The number of nitrogens with one attached hydrogen (secondary N) is 1. The Morgan fingerprint density at radius 3 is 2.87 bits per heavy atom. The lowest BCUT2D eigenvalue weighted by molar-refractivity contribution is 0.0143. The topological polar surface area (TPSA) is 74.3 Å². The summed E-state index contributed by atoms with van der Waals surface area (Å²) in [5.74, 6) is 2.43. The van der Waals surface area contributed by atoms with Gasteiger partial charge >= 0.3 is 0 Å². The van der Waals surface area contributed by atoms with Gasteiger partial charge in [0.25, 0.3) is 0 Å². The molecule has 1 aliphatic rings. The minimum absolute atomic E-state index is 0.0844. The molecule has 120 valence electrons. The summed E-state index contributed by atoms with van der Waals surface area (Å²) in [5, 5.41) is 12.5. The van der Waals surface area contributed by atoms with Crippen molar-refractivity contribution in [2.24, 2.45) is 0 Å². The van der Waals surface area contributed by atoms with Crippen LogP contribution < -0.4 is 5.32 Å². The number of aromatic nitrogens is 1. The Morgan fingerprint density at radius 1 is 1.35 bits per heavy atom. The van der Waals surface area contributed by atoms with Crippen molar-refractivity contribution in [1.29, 1.82) is 5.26 Å². The van der Waals surface area contributed by atoms with Gasteiger partial charge in [-0.25, -0.2) is 4.98 Å². The Morgan fingerprint density at radius 2 is 2.17 bits per heavy atom. The normalized spacial score (nSPS) is 16.7. The van der Waals surface area contributed by atoms with Crippen LogP contribution in [-0.2, 0) is 4.74 Å². The maximum Gasteiger partial charge on any atom is 0.143 e. The minimum atomic E-state index is 0.0844. The zero-order valence-corrected chi connectivity index (χ0v) is 13.2. The molecule has 6 heteroatoms. The molecule has 1 N–H and O–H groups in total. The van der Waals surface area contributed by atoms with Gasteiger partial charge in [0.2, 0.25) is 0 Å². The fourth-order valence-corrected chi connectivity index (χ4v) is 2.76. The second kappa shape index (κ2) is 7.27. The predicted molar refractivity (Wildman–Crippen MR) is 86.0 cm³/mol. The van der Waals surface area contributed by atoms with Gasteiger partial charge in [0.1, 0.15) is 23.4 Å². The molecule has 3 rings (SSSR count). The van der Waals surface area contributed by atoms with Crippen molar-refractivity contribution in [3.8, 4) is 6.07 Å². The van der Waals surface area contributed by atoms with Gasteiger partial charge < -0.3 is 14.5 Å². The molecule has 2 aromatic heterocycles. The SMILES string of the molecule is Cc1ccc([C@H](CNc2ncccc2C#N)N2CCOCC2)o1. The molecule has 0 aliphatic carbocycles. The molecule has 2 aromatic rings. The Hall–Kier alpha value is -2.36. The van der Waals surface area contributed by atoms with Crippen LogP contribution in [0.4, 0.5) is 5.82 Å². The van der Waals surface area contributed by atoms with E-state index in [0.29, 0.717) is 17.9 Å². The zero-order chi connectivity index (χ0) is 16.1. The summed E-state index contributed by atoms with van der Waals surface area (Å²) in [7, 11) is 0. The van der Waals surface area contributed by atoms with Crippen LogP contribution in [0.5, 0.6) is 0 Å². The Labute approximate surface area is 135 Å². The van der Waals surface area contributed by atoms with Crippen LogP contribution in [0.2, 0.25) is 0 Å². The number of nitriles is 1. The number of ether oxygens (including phenoxy) is 1. The Kier molecular flexibility index (Phi) is 4.91. The molecule has 0 radical (unpaired) electrons. The Balaban J connectivity index is 1.77. The molecule has 3 heterocycles. The highest BCUT2D eigenvalue weighted by Gasteiger charge is 2.25. The number of morpholine rings is 1. The lowest BCUT2D eigenvalue weighted by atomic mass is 10.1. The van der Waals surface area contributed by atoms with Gasteiger partial charge in [-0.1, -0.05) is 0 Å². The van der Waals surface area contributed by atoms with E-state index in [9.17, 15) is 5.26 Å². The number of hydrogen-bond acceptors (Lipinski definition) is 6. The lowest BCUT2D eigenvalue weighted by Gasteiger charge is -2.33. The van der Waals surface area contributed by atoms with Gasteiger partial charge in [-0.2, -0.15) is 5.26 Å². The third-order valence-electron chi connectivity index (χ3n) is 3.97. The average molecular weight is 312 g/mol. The molecule has 0 amide bonds. The van der Waals surface area contributed by atoms with Crippen molar-refractivity contribution in [2.45, 2.75) is 13.0 Å². The van der Waals surface area contributed by atoms with Crippen molar-refractivity contribution >= 4 is 5.82 Å². The van der Waals surface area contributed by atoms with Crippen molar-refractivity contribution < 1.29 is 9.15 Å². The Bertz CT molecular complexity index is 686. The van der Waals surface area contributed by atoms with Crippen LogP contribution in [0.15, 0.2) is 34.9 Å². The summed E-state index contributed by atoms with van der Waals surface area (Å²) in [6.45, 7) is 5.74. The predicted octanol–water partition coefficient (Wildman–Crippen LogP) is 2.34. The first-order valence-electron chi connectivity index (χ1n) is 7.75. The van der Waals surface area contributed by atoms with E-state index in [4.69, 9.17) is 9.15 Å². The molecular formula is C17H20N4O2. The second-order valence-corrected chi connectivity index (χ2v) is 5.50. The molecule has 0 unspecified atom stereocenters. The molecule has 0 aromatic carbocycles. The molecule has 1 saturated heterocycles. The van der Waals surface area contributed by atoms with E-state index in [2.05, 4.69) is 21.3 Å². The summed E-state index contributed by atoms with van der Waals surface area (Å²) in [6, 6.07) is 9.76. The number of nitrogens with zero attached hydrogens (tertiary/aromatic N) is 3. The van der Waals surface area contributed by atoms with Crippen LogP contribution in [-0.4, -0.2) is 42.7 Å². The molecule has 0 spiro atoms. The third-order valence-corrected chi connectivity index (χ3v) is 3.97. The van der Waals surface area contributed by atoms with Crippen molar-refractivity contribution in [3.63, 3.8) is 0 Å². The number of pyridine rings is 1. The van der Waals surface area contributed by atoms with E-state index < -0.39 is 0 Å². The van der Waals surface area contributed by atoms with Crippen LogP contribution in [0.3, 0.4) is 0 Å². The molecule has 0 bridgehead atoms. The zero-order valence-electron chi connectivity index (χ0n) is 13.2. The molecule has 1 atom stereocenters. The number of hydrogen-bond donors (Lipinski definition) is 1. The van der Waals surface area contributed by atoms with E-state index in [1.165, 1.54) is 0 Å². The largest absolute Gasteiger partial charge is 0.465 e. The minimum Gasteiger partial charge on any atom is -0.465 e. The van der Waals surface area contributed by atoms with Crippen molar-refractivity contribution in [3.05, 3.63) is 47.5 Å². The van der Waals surface area contributed by atoms with Crippen LogP contribution >= 0.6 is 0 Å². The summed E-state index contributed by atoms with van der Waals surface area (Å²) < 4.78 is 11.3. The van der Waals surface area contributed by atoms with E-state index >= 15 is 0 Å². The number of aryl methyl sites for hydroxylation is 1. The van der Waals surface area contributed by atoms with Gasteiger partial charge in [0, 0.05) is 25.8 Å². The highest BCUT2D eigenvalue weighted by atomic mass is 16.5. The molecular weight excluding hydrogens is 292 g/mol. The third kappa shape index (κ3) is 3.70. The van der Waals surface area contributed by atoms with Crippen LogP contribution in [0.1, 0.15) is 23.1 Å². The number of rotatable bonds is 5. The van der Waals surface area contributed by atoms with Gasteiger partial charge in [-0.05, 0) is 31.2 Å². The molecule has 23 heavy (non-hydrogen) atoms. The second-order valence-electron chi connectivity index (χ2n) is 5.50. The quantitative estimate of drug-likeness (QED) is 0.913. The van der Waals surface area contributed by atoms with E-state index in [1.54, 1.807) is 18.3 Å². The van der Waals surface area contributed by atoms with E-state index in [0.717, 1.165) is 37.8 Å². The average Bonchev–Trinajstić information content (AvgIpc) is 3.02. The summed E-state index contributed by atoms with van der Waals surface area (Å²) in [6.07, 6.45) is 1.68.